The fourth-order valence-electron chi connectivity index (χ4n) is 6.58. The van der Waals surface area contributed by atoms with Crippen molar-refractivity contribution in [3.8, 4) is 0 Å². The number of fused-ring (bicyclic) bond motifs is 5. The molecular weight excluding hydrogens is 274 g/mol. The van der Waals surface area contributed by atoms with Gasteiger partial charge in [0.05, 0.1) is 0 Å². The maximum atomic E-state index is 12.5. The average molecular weight is 301 g/mol. The Bertz CT molecular complexity index is 592. The Balaban J connectivity index is 1.75. The normalized spacial score (nSPS) is 48.0. The number of carbonyl (C=O) groups is 2. The Morgan fingerprint density at radius 3 is 2.64 bits per heavy atom. The van der Waals surface area contributed by atoms with Gasteiger partial charge in [0, 0.05) is 18.0 Å². The molecule has 0 aliphatic heterocycles. The van der Waals surface area contributed by atoms with Gasteiger partial charge in [-0.3, -0.25) is 9.59 Å². The fourth-order valence-corrected chi connectivity index (χ4v) is 6.58. The first-order valence-electron chi connectivity index (χ1n) is 8.92. The third-order valence-corrected chi connectivity index (χ3v) is 7.61. The Morgan fingerprint density at radius 1 is 1.09 bits per heavy atom. The van der Waals surface area contributed by atoms with E-state index in [0.717, 1.165) is 37.8 Å². The van der Waals surface area contributed by atoms with Crippen LogP contribution in [-0.2, 0) is 9.59 Å². The average Bonchev–Trinajstić information content (AvgIpc) is 2.68. The van der Waals surface area contributed by atoms with E-state index in [9.17, 15) is 9.59 Å². The number of nitrogens with two attached hydrogens (primary N) is 1. The minimum Gasteiger partial charge on any atom is -0.402 e. The van der Waals surface area contributed by atoms with Gasteiger partial charge in [-0.2, -0.15) is 0 Å². The van der Waals surface area contributed by atoms with Crippen LogP contribution >= 0.6 is 0 Å². The summed E-state index contributed by atoms with van der Waals surface area (Å²) in [6.45, 7) is 4.56. The van der Waals surface area contributed by atoms with Crippen LogP contribution in [0.2, 0.25) is 0 Å². The topological polar surface area (TPSA) is 60.2 Å². The van der Waals surface area contributed by atoms with Gasteiger partial charge in [-0.1, -0.05) is 13.8 Å². The summed E-state index contributed by atoms with van der Waals surface area (Å²) < 4.78 is 0. The highest BCUT2D eigenvalue weighted by Gasteiger charge is 2.61. The maximum absolute atomic E-state index is 12.5. The van der Waals surface area contributed by atoms with Gasteiger partial charge in [0.25, 0.3) is 0 Å². The zero-order valence-corrected chi connectivity index (χ0v) is 13.8. The standard InChI is InChI=1S/C19H27NO2/c1-18-9-7-12-11(16(18)17(22)15(21)10-18)5-6-13-14(20)4-3-8-19(12,13)2/h11-12,16H,3-10,20H2,1-2H3/t11-,12+,16-,18-,19-/m1/s1. The summed E-state index contributed by atoms with van der Waals surface area (Å²) in [5, 5.41) is 0. The van der Waals surface area contributed by atoms with Gasteiger partial charge in [0.2, 0.25) is 5.78 Å². The third-order valence-electron chi connectivity index (χ3n) is 7.61. The predicted molar refractivity (Wildman–Crippen MR) is 84.8 cm³/mol. The Kier molecular flexibility index (Phi) is 2.93. The van der Waals surface area contributed by atoms with Crippen LogP contribution in [0.4, 0.5) is 0 Å². The molecule has 3 nitrogen and oxygen atoms in total. The minimum atomic E-state index is -0.109. The van der Waals surface area contributed by atoms with Crippen molar-refractivity contribution in [1.82, 2.24) is 0 Å². The van der Waals surface area contributed by atoms with Crippen LogP contribution in [0, 0.1) is 28.6 Å². The molecule has 3 saturated carbocycles. The summed E-state index contributed by atoms with van der Waals surface area (Å²) in [5.74, 6) is 0.764. The lowest BCUT2D eigenvalue weighted by Crippen LogP contribution is -2.51. The lowest BCUT2D eigenvalue weighted by molar-refractivity contribution is -0.139. The molecule has 3 fully saturated rings. The van der Waals surface area contributed by atoms with Crippen LogP contribution in [-0.4, -0.2) is 11.6 Å². The van der Waals surface area contributed by atoms with Crippen LogP contribution in [0.5, 0.6) is 0 Å². The van der Waals surface area contributed by atoms with Crippen molar-refractivity contribution in [2.45, 2.75) is 65.2 Å². The van der Waals surface area contributed by atoms with E-state index in [0.29, 0.717) is 18.3 Å². The number of Topliss-reactive ketones (excluding diaryl/α,β-unsaturated/α-hetero) is 2. The molecule has 0 spiro atoms. The largest absolute Gasteiger partial charge is 0.402 e. The molecule has 0 aromatic heterocycles. The second-order valence-corrected chi connectivity index (χ2v) is 8.72. The molecule has 4 rings (SSSR count). The molecule has 22 heavy (non-hydrogen) atoms. The van der Waals surface area contributed by atoms with Crippen LogP contribution in [0.25, 0.3) is 0 Å². The molecule has 4 aliphatic carbocycles. The van der Waals surface area contributed by atoms with E-state index in [1.807, 2.05) is 0 Å². The lowest BCUT2D eigenvalue weighted by atomic mass is 9.47. The smallest absolute Gasteiger partial charge is 0.202 e. The maximum Gasteiger partial charge on any atom is 0.202 e. The third kappa shape index (κ3) is 1.68. The molecule has 2 N–H and O–H groups in total. The molecule has 0 bridgehead atoms. The highest BCUT2D eigenvalue weighted by molar-refractivity contribution is 6.40. The van der Waals surface area contributed by atoms with Crippen LogP contribution in [0.15, 0.2) is 11.3 Å². The zero-order valence-electron chi connectivity index (χ0n) is 13.8. The monoisotopic (exact) mass is 301 g/mol. The Hall–Kier alpha value is -1.12. The van der Waals surface area contributed by atoms with Crippen molar-refractivity contribution >= 4 is 11.6 Å². The molecule has 120 valence electrons. The van der Waals surface area contributed by atoms with Gasteiger partial charge in [-0.25, -0.2) is 0 Å². The summed E-state index contributed by atoms with van der Waals surface area (Å²) in [7, 11) is 0. The van der Waals surface area contributed by atoms with Crippen LogP contribution in [0.3, 0.4) is 0 Å². The van der Waals surface area contributed by atoms with Gasteiger partial charge in [0.15, 0.2) is 5.78 Å². The molecule has 5 atom stereocenters. The van der Waals surface area contributed by atoms with E-state index in [-0.39, 0.29) is 28.3 Å². The highest BCUT2D eigenvalue weighted by atomic mass is 16.2. The van der Waals surface area contributed by atoms with Crippen molar-refractivity contribution in [3.05, 3.63) is 11.3 Å². The first-order valence-corrected chi connectivity index (χ1v) is 8.92. The SMILES string of the molecule is C[C@]12CC[C@H]3[C@@H](CCC4=C(N)CCC[C@@]43C)[C@@H]1C(=O)C(=O)C2. The second-order valence-electron chi connectivity index (χ2n) is 8.72. The van der Waals surface area contributed by atoms with E-state index < -0.39 is 0 Å². The number of ketones is 2. The molecule has 0 radical (unpaired) electrons. The molecule has 0 unspecified atom stereocenters. The first kappa shape index (κ1) is 14.5. The quantitative estimate of drug-likeness (QED) is 0.698. The molecule has 0 heterocycles. The van der Waals surface area contributed by atoms with E-state index in [1.54, 1.807) is 0 Å². The molecule has 0 aromatic carbocycles. The minimum absolute atomic E-state index is 0.0136. The van der Waals surface area contributed by atoms with Crippen LogP contribution < -0.4 is 5.73 Å². The summed E-state index contributed by atoms with van der Waals surface area (Å²) in [6, 6.07) is 0. The van der Waals surface area contributed by atoms with E-state index >= 15 is 0 Å². The molecule has 3 heteroatoms. The number of allylic oxidation sites excluding steroid dienone is 2. The Morgan fingerprint density at radius 2 is 1.86 bits per heavy atom. The van der Waals surface area contributed by atoms with Gasteiger partial charge >= 0.3 is 0 Å². The molecule has 0 saturated heterocycles. The lowest BCUT2D eigenvalue weighted by Gasteiger charge is -2.57. The predicted octanol–water partition coefficient (Wildman–Crippen LogP) is 3.37. The number of hydrogen-bond acceptors (Lipinski definition) is 3. The molecule has 0 amide bonds. The first-order chi connectivity index (χ1) is 10.4. The summed E-state index contributed by atoms with van der Waals surface area (Å²) in [6.07, 6.45) is 8.18. The summed E-state index contributed by atoms with van der Waals surface area (Å²) in [5.41, 5.74) is 9.06. The number of carbonyl (C=O) groups excluding carboxylic acids is 2. The van der Waals surface area contributed by atoms with E-state index in [1.165, 1.54) is 18.4 Å². The zero-order chi connectivity index (χ0) is 15.7. The van der Waals surface area contributed by atoms with Crippen molar-refractivity contribution in [2.75, 3.05) is 0 Å². The number of hydrogen-bond donors (Lipinski definition) is 1. The second kappa shape index (κ2) is 4.46. The van der Waals surface area contributed by atoms with Crippen molar-refractivity contribution < 1.29 is 9.59 Å². The van der Waals surface area contributed by atoms with Crippen LogP contribution in [0.1, 0.15) is 65.2 Å². The van der Waals surface area contributed by atoms with Gasteiger partial charge in [0.1, 0.15) is 0 Å². The molecule has 0 aromatic rings. The van der Waals surface area contributed by atoms with Gasteiger partial charge in [-0.05, 0) is 73.2 Å². The molecule has 4 aliphatic rings. The number of rotatable bonds is 0. The van der Waals surface area contributed by atoms with Crippen molar-refractivity contribution in [1.29, 1.82) is 0 Å². The van der Waals surface area contributed by atoms with Gasteiger partial charge in [-0.15, -0.1) is 0 Å². The van der Waals surface area contributed by atoms with Gasteiger partial charge < -0.3 is 5.73 Å². The van der Waals surface area contributed by atoms with Crippen molar-refractivity contribution in [3.63, 3.8) is 0 Å². The van der Waals surface area contributed by atoms with E-state index in [2.05, 4.69) is 13.8 Å². The summed E-state index contributed by atoms with van der Waals surface area (Å²) >= 11 is 0. The summed E-state index contributed by atoms with van der Waals surface area (Å²) in [4.78, 5) is 24.6. The highest BCUT2D eigenvalue weighted by Crippen LogP contribution is 2.64. The Labute approximate surface area is 132 Å². The molecular formula is C19H27NO2. The van der Waals surface area contributed by atoms with Crippen molar-refractivity contribution in [2.24, 2.45) is 34.3 Å². The fraction of sp³-hybridized carbons (Fsp3) is 0.789. The van der Waals surface area contributed by atoms with E-state index in [4.69, 9.17) is 5.73 Å².